The molecule has 0 atom stereocenters. The lowest BCUT2D eigenvalue weighted by Gasteiger charge is -2.06. The second-order valence-electron chi connectivity index (χ2n) is 7.24. The molecule has 33 heavy (non-hydrogen) atoms. The number of benzene rings is 3. The number of fused-ring (bicyclic) bond motifs is 2. The van der Waals surface area contributed by atoms with Gasteiger partial charge in [0, 0.05) is 0 Å². The molecule has 2 N–H and O–H groups in total. The van der Waals surface area contributed by atoms with Crippen molar-refractivity contribution in [3.8, 4) is 5.75 Å². The number of nitrogens with zero attached hydrogens (tertiary/aromatic N) is 4. The Bertz CT molecular complexity index is 1610. The van der Waals surface area contributed by atoms with Crippen molar-refractivity contribution in [2.75, 3.05) is 12.8 Å². The van der Waals surface area contributed by atoms with E-state index in [0.717, 1.165) is 5.56 Å². The number of anilines is 1. The van der Waals surface area contributed by atoms with Gasteiger partial charge < -0.3 is 10.5 Å². The summed E-state index contributed by atoms with van der Waals surface area (Å²) in [6.07, 6.45) is 1.59. The van der Waals surface area contributed by atoms with Crippen LogP contribution in [0.2, 0.25) is 0 Å². The summed E-state index contributed by atoms with van der Waals surface area (Å²) < 4.78 is 33.7. The number of hydrogen-bond donors (Lipinski definition) is 1. The van der Waals surface area contributed by atoms with Crippen LogP contribution >= 0.6 is 0 Å². The number of nitrogens with two attached hydrogens (primary N) is 1. The van der Waals surface area contributed by atoms with Crippen LogP contribution in [0.1, 0.15) is 5.56 Å². The fourth-order valence-electron chi connectivity index (χ4n) is 3.54. The maximum Gasteiger partial charge on any atom is 0.212 e. The van der Waals surface area contributed by atoms with E-state index in [1.54, 1.807) is 30.5 Å². The highest BCUT2D eigenvalue weighted by molar-refractivity contribution is 7.92. The number of sulfone groups is 1. The van der Waals surface area contributed by atoms with Gasteiger partial charge in [-0.3, -0.25) is 0 Å². The quantitative estimate of drug-likeness (QED) is 0.401. The summed E-state index contributed by atoms with van der Waals surface area (Å²) in [6.45, 7) is 0. The van der Waals surface area contributed by atoms with Crippen molar-refractivity contribution in [2.45, 2.75) is 9.79 Å². The summed E-state index contributed by atoms with van der Waals surface area (Å²) >= 11 is 0. The molecule has 0 fully saturated rings. The minimum atomic E-state index is -4.03. The second-order valence-corrected chi connectivity index (χ2v) is 9.13. The molecule has 0 radical (unpaired) electrons. The molecular weight excluding hydrogens is 438 g/mol. The first kappa shape index (κ1) is 20.7. The molecule has 164 valence electrons. The summed E-state index contributed by atoms with van der Waals surface area (Å²) in [7, 11) is -2.52. The molecule has 0 amide bonds. The Hall–Kier alpha value is -4.24. The molecule has 2 heterocycles. The Morgan fingerprint density at radius 2 is 1.55 bits per heavy atom. The maximum absolute atomic E-state index is 13.6. The molecule has 0 spiro atoms. The molecular formula is C24H19N5O3S. The first-order valence-corrected chi connectivity index (χ1v) is 11.5. The molecule has 0 saturated carbocycles. The van der Waals surface area contributed by atoms with Crippen LogP contribution in [0.3, 0.4) is 0 Å². The highest BCUT2D eigenvalue weighted by atomic mass is 32.2. The van der Waals surface area contributed by atoms with Crippen molar-refractivity contribution in [3.05, 3.63) is 84.4 Å². The lowest BCUT2D eigenvalue weighted by molar-refractivity contribution is 0.414. The summed E-state index contributed by atoms with van der Waals surface area (Å²) in [6, 6.07) is 22.7. The van der Waals surface area contributed by atoms with Gasteiger partial charge >= 0.3 is 0 Å². The van der Waals surface area contributed by atoms with E-state index in [0.29, 0.717) is 16.8 Å². The molecule has 0 saturated heterocycles. The van der Waals surface area contributed by atoms with Gasteiger partial charge in [-0.15, -0.1) is 0 Å². The topological polar surface area (TPSA) is 112 Å². The van der Waals surface area contributed by atoms with Gasteiger partial charge in [0.1, 0.15) is 22.0 Å². The van der Waals surface area contributed by atoms with Crippen LogP contribution in [-0.4, -0.2) is 36.4 Å². The van der Waals surface area contributed by atoms with Crippen LogP contribution in [0.15, 0.2) is 93.8 Å². The third-order valence-electron chi connectivity index (χ3n) is 5.19. The van der Waals surface area contributed by atoms with E-state index in [9.17, 15) is 8.42 Å². The molecule has 5 aromatic rings. The SMILES string of the molecule is COc1ccc(S(=O)(=O)c2c(N)n(/N=C/c3ccccc3)c3nc4ccccc4nc23)cc1. The fourth-order valence-corrected chi connectivity index (χ4v) is 5.02. The smallest absolute Gasteiger partial charge is 0.212 e. The molecule has 0 bridgehead atoms. The summed E-state index contributed by atoms with van der Waals surface area (Å²) in [5, 5.41) is 4.45. The van der Waals surface area contributed by atoms with Crippen LogP contribution in [0.4, 0.5) is 5.82 Å². The van der Waals surface area contributed by atoms with Gasteiger partial charge in [-0.2, -0.15) is 9.78 Å². The van der Waals surface area contributed by atoms with Crippen LogP contribution in [0.5, 0.6) is 5.75 Å². The normalized spacial score (nSPS) is 12.0. The predicted octanol–water partition coefficient (Wildman–Crippen LogP) is 3.89. The Labute approximate surface area is 189 Å². The number of ether oxygens (including phenoxy) is 1. The molecule has 8 nitrogen and oxygen atoms in total. The average Bonchev–Trinajstić information content (AvgIpc) is 3.12. The van der Waals surface area contributed by atoms with Crippen molar-refractivity contribution in [1.82, 2.24) is 14.6 Å². The second kappa shape index (κ2) is 8.03. The molecule has 3 aromatic carbocycles. The standard InChI is InChI=1S/C24H19N5O3S/c1-32-17-11-13-18(14-12-17)33(30,31)22-21-24(28-20-10-6-5-9-19(20)27-21)29(23(22)25)26-15-16-7-3-2-4-8-16/h2-15H,25H2,1H3/b26-15+. The Morgan fingerprint density at radius 1 is 0.909 bits per heavy atom. The molecule has 0 aliphatic carbocycles. The van der Waals surface area contributed by atoms with E-state index in [1.165, 1.54) is 23.9 Å². The van der Waals surface area contributed by atoms with Gasteiger partial charge in [-0.1, -0.05) is 42.5 Å². The van der Waals surface area contributed by atoms with E-state index in [2.05, 4.69) is 15.1 Å². The molecule has 0 aliphatic rings. The van der Waals surface area contributed by atoms with Gasteiger partial charge in [-0.05, 0) is 42.0 Å². The van der Waals surface area contributed by atoms with Crippen molar-refractivity contribution in [1.29, 1.82) is 0 Å². The van der Waals surface area contributed by atoms with Crippen molar-refractivity contribution < 1.29 is 13.2 Å². The van der Waals surface area contributed by atoms with E-state index in [4.69, 9.17) is 10.5 Å². The average molecular weight is 458 g/mol. The van der Waals surface area contributed by atoms with Gasteiger partial charge in [0.05, 0.1) is 29.3 Å². The molecule has 0 aliphatic heterocycles. The Balaban J connectivity index is 1.78. The van der Waals surface area contributed by atoms with Gasteiger partial charge in [0.2, 0.25) is 9.84 Å². The number of para-hydroxylation sites is 2. The van der Waals surface area contributed by atoms with Crippen LogP contribution in [0, 0.1) is 0 Å². The minimum absolute atomic E-state index is 0.0658. The monoisotopic (exact) mass is 457 g/mol. The molecule has 2 aromatic heterocycles. The zero-order chi connectivity index (χ0) is 23.0. The lowest BCUT2D eigenvalue weighted by atomic mass is 10.2. The summed E-state index contributed by atoms with van der Waals surface area (Å²) in [5.74, 6) is 0.478. The van der Waals surface area contributed by atoms with Gasteiger partial charge in [0.15, 0.2) is 5.65 Å². The van der Waals surface area contributed by atoms with Gasteiger partial charge in [0.25, 0.3) is 0 Å². The zero-order valence-electron chi connectivity index (χ0n) is 17.6. The van der Waals surface area contributed by atoms with Crippen LogP contribution in [-0.2, 0) is 9.84 Å². The molecule has 5 rings (SSSR count). The van der Waals surface area contributed by atoms with E-state index >= 15 is 0 Å². The van der Waals surface area contributed by atoms with E-state index in [-0.39, 0.29) is 26.8 Å². The molecule has 9 heteroatoms. The first-order chi connectivity index (χ1) is 16.0. The highest BCUT2D eigenvalue weighted by Crippen LogP contribution is 2.35. The van der Waals surface area contributed by atoms with Crippen LogP contribution < -0.4 is 10.5 Å². The van der Waals surface area contributed by atoms with Crippen molar-refractivity contribution in [3.63, 3.8) is 0 Å². The summed E-state index contributed by atoms with van der Waals surface area (Å²) in [4.78, 5) is 9.16. The number of methoxy groups -OCH3 is 1. The number of aromatic nitrogens is 3. The number of rotatable bonds is 5. The van der Waals surface area contributed by atoms with E-state index < -0.39 is 9.84 Å². The lowest BCUT2D eigenvalue weighted by Crippen LogP contribution is -2.06. The third-order valence-corrected chi connectivity index (χ3v) is 7.02. The summed E-state index contributed by atoms with van der Waals surface area (Å²) in [5.41, 5.74) is 8.79. The van der Waals surface area contributed by atoms with Crippen molar-refractivity contribution >= 4 is 44.1 Å². The minimum Gasteiger partial charge on any atom is -0.497 e. The third kappa shape index (κ3) is 3.58. The molecule has 0 unspecified atom stereocenters. The van der Waals surface area contributed by atoms with Crippen molar-refractivity contribution in [2.24, 2.45) is 5.10 Å². The van der Waals surface area contributed by atoms with Gasteiger partial charge in [-0.25, -0.2) is 18.4 Å². The maximum atomic E-state index is 13.6. The largest absolute Gasteiger partial charge is 0.497 e. The van der Waals surface area contributed by atoms with Crippen LogP contribution in [0.25, 0.3) is 22.2 Å². The first-order valence-electron chi connectivity index (χ1n) is 10.0. The highest BCUT2D eigenvalue weighted by Gasteiger charge is 2.30. The Kier molecular flexibility index (Phi) is 5.02. The zero-order valence-corrected chi connectivity index (χ0v) is 18.4. The Morgan fingerprint density at radius 3 is 2.21 bits per heavy atom. The predicted molar refractivity (Wildman–Crippen MR) is 127 cm³/mol. The van der Waals surface area contributed by atoms with E-state index in [1.807, 2.05) is 42.5 Å². The number of nitrogen functional groups attached to an aromatic ring is 1. The number of hydrogen-bond acceptors (Lipinski definition) is 7. The fraction of sp³-hybridized carbons (Fsp3) is 0.0417.